The smallest absolute Gasteiger partial charge is 0.268 e. The van der Waals surface area contributed by atoms with Crippen molar-refractivity contribution >= 4 is 25.6 Å². The second-order valence-corrected chi connectivity index (χ2v) is 8.51. The van der Waals surface area contributed by atoms with Crippen molar-refractivity contribution < 1.29 is 13.2 Å². The molecule has 118 valence electrons. The Hall–Kier alpha value is -1.01. The highest BCUT2D eigenvalue weighted by atomic mass is 35.7. The zero-order valence-electron chi connectivity index (χ0n) is 12.5. The summed E-state index contributed by atoms with van der Waals surface area (Å²) in [5, 5.41) is 3.06. The molecule has 1 N–H and O–H groups in total. The van der Waals surface area contributed by atoms with Gasteiger partial charge in [0.25, 0.3) is 15.0 Å². The van der Waals surface area contributed by atoms with Crippen molar-refractivity contribution in [1.82, 2.24) is 9.88 Å². The maximum absolute atomic E-state index is 12.5. The second kappa shape index (κ2) is 5.65. The first-order valence-corrected chi connectivity index (χ1v) is 9.48. The molecule has 2 rings (SSSR count). The summed E-state index contributed by atoms with van der Waals surface area (Å²) < 4.78 is 24.6. The molecule has 1 heterocycles. The van der Waals surface area contributed by atoms with Crippen LogP contribution in [0.5, 0.6) is 0 Å². The fourth-order valence-electron chi connectivity index (χ4n) is 2.67. The molecule has 0 aromatic carbocycles. The number of hydrogen-bond donors (Lipinski definition) is 1. The average Bonchev–Trinajstić information content (AvgIpc) is 2.78. The number of hydrogen-bond acceptors (Lipinski definition) is 3. The van der Waals surface area contributed by atoms with Crippen LogP contribution in [0.4, 0.5) is 0 Å². The van der Waals surface area contributed by atoms with Gasteiger partial charge in [-0.1, -0.05) is 6.92 Å². The third kappa shape index (κ3) is 3.26. The second-order valence-electron chi connectivity index (χ2n) is 5.94. The van der Waals surface area contributed by atoms with Gasteiger partial charge in [-0.15, -0.1) is 0 Å². The molecule has 1 fully saturated rings. The lowest BCUT2D eigenvalue weighted by molar-refractivity contribution is 0.0809. The Morgan fingerprint density at radius 1 is 1.48 bits per heavy atom. The molecule has 1 aliphatic rings. The highest BCUT2D eigenvalue weighted by molar-refractivity contribution is 8.13. The van der Waals surface area contributed by atoms with Crippen LogP contribution in [0.1, 0.15) is 63.0 Å². The number of rotatable bonds is 5. The molecule has 7 heteroatoms. The van der Waals surface area contributed by atoms with Crippen LogP contribution in [0, 0.1) is 0 Å². The fraction of sp³-hybridized carbons (Fsp3) is 0.643. The maximum Gasteiger partial charge on any atom is 0.268 e. The molecular formula is C14H21ClN2O3S. The topological polar surface area (TPSA) is 68.2 Å². The highest BCUT2D eigenvalue weighted by Crippen LogP contribution is 2.35. The summed E-state index contributed by atoms with van der Waals surface area (Å²) in [6.07, 6.45) is 5.35. The van der Waals surface area contributed by atoms with Crippen LogP contribution in [0.3, 0.4) is 0 Å². The Balaban J connectivity index is 2.33. The van der Waals surface area contributed by atoms with Gasteiger partial charge in [-0.05, 0) is 45.6 Å². The zero-order valence-corrected chi connectivity index (χ0v) is 14.1. The van der Waals surface area contributed by atoms with Gasteiger partial charge in [0.15, 0.2) is 0 Å². The molecule has 21 heavy (non-hydrogen) atoms. The Bertz CT molecular complexity index is 640. The standard InChI is InChI=1S/C14H21ClN2O3S/c1-4-14(6-5-7-14)16-13(18)12-8-11(21(15,19)20)9-17(12)10(2)3/h8-10H,4-7H2,1-3H3,(H,16,18). The van der Waals surface area contributed by atoms with Crippen molar-refractivity contribution in [3.05, 3.63) is 18.0 Å². The van der Waals surface area contributed by atoms with Gasteiger partial charge in [0.05, 0.1) is 0 Å². The van der Waals surface area contributed by atoms with Gasteiger partial charge in [0, 0.05) is 28.5 Å². The quantitative estimate of drug-likeness (QED) is 0.842. The van der Waals surface area contributed by atoms with Gasteiger partial charge in [-0.3, -0.25) is 4.79 Å². The zero-order chi connectivity index (χ0) is 15.8. The first-order chi connectivity index (χ1) is 9.68. The van der Waals surface area contributed by atoms with E-state index in [0.29, 0.717) is 5.69 Å². The van der Waals surface area contributed by atoms with E-state index in [0.717, 1.165) is 25.7 Å². The van der Waals surface area contributed by atoms with Crippen LogP contribution >= 0.6 is 10.7 Å². The number of aromatic nitrogens is 1. The predicted molar refractivity (Wildman–Crippen MR) is 82.2 cm³/mol. The van der Waals surface area contributed by atoms with Gasteiger partial charge in [-0.2, -0.15) is 0 Å². The van der Waals surface area contributed by atoms with E-state index in [1.165, 1.54) is 12.3 Å². The van der Waals surface area contributed by atoms with Gasteiger partial charge in [0.1, 0.15) is 10.6 Å². The molecule has 0 saturated heterocycles. The Labute approximate surface area is 130 Å². The molecule has 0 bridgehead atoms. The molecule has 0 unspecified atom stereocenters. The Kier molecular flexibility index (Phi) is 4.40. The van der Waals surface area contributed by atoms with Gasteiger partial charge < -0.3 is 9.88 Å². The van der Waals surface area contributed by atoms with Crippen molar-refractivity contribution in [2.45, 2.75) is 62.9 Å². The predicted octanol–water partition coefficient (Wildman–Crippen LogP) is 3.06. The lowest BCUT2D eigenvalue weighted by Gasteiger charge is -2.42. The molecule has 0 radical (unpaired) electrons. The molecule has 1 aromatic rings. The van der Waals surface area contributed by atoms with Crippen LogP contribution in [0.15, 0.2) is 17.2 Å². The number of halogens is 1. The summed E-state index contributed by atoms with van der Waals surface area (Å²) in [5.41, 5.74) is 0.201. The van der Waals surface area contributed by atoms with Crippen molar-refractivity contribution in [2.75, 3.05) is 0 Å². The lowest BCUT2D eigenvalue weighted by atomic mass is 9.75. The summed E-state index contributed by atoms with van der Waals surface area (Å²) in [6.45, 7) is 5.83. The van der Waals surface area contributed by atoms with E-state index < -0.39 is 9.05 Å². The molecule has 0 atom stereocenters. The largest absolute Gasteiger partial charge is 0.345 e. The third-order valence-corrected chi connectivity index (χ3v) is 5.58. The minimum Gasteiger partial charge on any atom is -0.345 e. The first kappa shape index (κ1) is 16.4. The number of carbonyl (C=O) groups excluding carboxylic acids is 1. The fourth-order valence-corrected chi connectivity index (χ4v) is 3.42. The van der Waals surface area contributed by atoms with Crippen molar-refractivity contribution in [2.24, 2.45) is 0 Å². The minimum absolute atomic E-state index is 0.0307. The molecule has 0 spiro atoms. The number of amides is 1. The highest BCUT2D eigenvalue weighted by Gasteiger charge is 2.37. The number of carbonyl (C=O) groups is 1. The van der Waals surface area contributed by atoms with Crippen LogP contribution < -0.4 is 5.32 Å². The molecule has 1 saturated carbocycles. The van der Waals surface area contributed by atoms with E-state index >= 15 is 0 Å². The number of nitrogens with zero attached hydrogens (tertiary/aromatic N) is 1. The minimum atomic E-state index is -3.84. The van der Waals surface area contributed by atoms with E-state index in [1.54, 1.807) is 4.57 Å². The van der Waals surface area contributed by atoms with Crippen LogP contribution in [0.25, 0.3) is 0 Å². The molecule has 1 amide bonds. The van der Waals surface area contributed by atoms with Gasteiger partial charge >= 0.3 is 0 Å². The van der Waals surface area contributed by atoms with E-state index in [4.69, 9.17) is 10.7 Å². The number of nitrogens with one attached hydrogen (secondary N) is 1. The van der Waals surface area contributed by atoms with E-state index in [2.05, 4.69) is 12.2 Å². The van der Waals surface area contributed by atoms with Crippen LogP contribution in [-0.2, 0) is 9.05 Å². The monoisotopic (exact) mass is 332 g/mol. The van der Waals surface area contributed by atoms with Crippen molar-refractivity contribution in [1.29, 1.82) is 0 Å². The Morgan fingerprint density at radius 2 is 2.10 bits per heavy atom. The van der Waals surface area contributed by atoms with Gasteiger partial charge in [0.2, 0.25) is 0 Å². The third-order valence-electron chi connectivity index (χ3n) is 4.26. The van der Waals surface area contributed by atoms with E-state index in [-0.39, 0.29) is 22.4 Å². The molecule has 0 aliphatic heterocycles. The summed E-state index contributed by atoms with van der Waals surface area (Å²) >= 11 is 0. The maximum atomic E-state index is 12.5. The first-order valence-electron chi connectivity index (χ1n) is 7.17. The van der Waals surface area contributed by atoms with E-state index in [9.17, 15) is 13.2 Å². The summed E-state index contributed by atoms with van der Waals surface area (Å²) in [4.78, 5) is 12.5. The van der Waals surface area contributed by atoms with Crippen molar-refractivity contribution in [3.63, 3.8) is 0 Å². The average molecular weight is 333 g/mol. The normalized spacial score (nSPS) is 17.6. The SMILES string of the molecule is CCC1(NC(=O)c2cc(S(=O)(=O)Cl)cn2C(C)C)CCC1. The Morgan fingerprint density at radius 3 is 2.48 bits per heavy atom. The van der Waals surface area contributed by atoms with Crippen LogP contribution in [0.2, 0.25) is 0 Å². The molecule has 5 nitrogen and oxygen atoms in total. The summed E-state index contributed by atoms with van der Waals surface area (Å²) in [6, 6.07) is 1.32. The molecule has 1 aliphatic carbocycles. The summed E-state index contributed by atoms with van der Waals surface area (Å²) in [5.74, 6) is -0.239. The van der Waals surface area contributed by atoms with Gasteiger partial charge in [-0.25, -0.2) is 8.42 Å². The van der Waals surface area contributed by atoms with Crippen LogP contribution in [-0.4, -0.2) is 24.4 Å². The van der Waals surface area contributed by atoms with E-state index in [1.807, 2.05) is 13.8 Å². The lowest BCUT2D eigenvalue weighted by Crippen LogP contribution is -2.53. The molecular weight excluding hydrogens is 312 g/mol. The van der Waals surface area contributed by atoms with Crippen molar-refractivity contribution in [3.8, 4) is 0 Å². The summed E-state index contributed by atoms with van der Waals surface area (Å²) in [7, 11) is 1.54. The molecule has 1 aromatic heterocycles.